The number of carbonyl (C=O) groups excluding carboxylic acids is 1. The molecule has 1 saturated carbocycles. The number of hydrogen-bond acceptors (Lipinski definition) is 4. The van der Waals surface area contributed by atoms with Gasteiger partial charge in [-0.05, 0) is 18.9 Å². The van der Waals surface area contributed by atoms with Gasteiger partial charge in [0.25, 0.3) is 5.91 Å². The van der Waals surface area contributed by atoms with E-state index in [9.17, 15) is 9.18 Å². The molecule has 1 amide bonds. The molecule has 0 bridgehead atoms. The molecule has 120 valence electrons. The fraction of sp³-hybridized carbons (Fsp3) is 0.471. The van der Waals surface area contributed by atoms with E-state index < -0.39 is 5.82 Å². The molecule has 2 heterocycles. The highest BCUT2D eigenvalue weighted by atomic mass is 19.1. The molecule has 0 N–H and O–H groups in total. The van der Waals surface area contributed by atoms with Gasteiger partial charge in [-0.2, -0.15) is 0 Å². The van der Waals surface area contributed by atoms with Crippen molar-refractivity contribution in [3.05, 3.63) is 35.9 Å². The Morgan fingerprint density at radius 1 is 1.17 bits per heavy atom. The van der Waals surface area contributed by atoms with Crippen LogP contribution in [0.4, 0.5) is 4.39 Å². The van der Waals surface area contributed by atoms with Crippen molar-refractivity contribution in [3.63, 3.8) is 0 Å². The molecule has 4 rings (SSSR count). The van der Waals surface area contributed by atoms with Crippen LogP contribution in [0.2, 0.25) is 0 Å². The van der Waals surface area contributed by atoms with E-state index in [2.05, 4.69) is 9.97 Å². The number of morpholine rings is 1. The lowest BCUT2D eigenvalue weighted by Crippen LogP contribution is -2.55. The van der Waals surface area contributed by atoms with E-state index in [0.29, 0.717) is 24.2 Å². The maximum Gasteiger partial charge on any atom is 0.257 e. The fourth-order valence-corrected chi connectivity index (χ4v) is 3.65. The summed E-state index contributed by atoms with van der Waals surface area (Å²) in [5.74, 6) is -0.808. The van der Waals surface area contributed by atoms with Crippen LogP contribution in [0.3, 0.4) is 0 Å². The van der Waals surface area contributed by atoms with Crippen molar-refractivity contribution in [1.29, 1.82) is 0 Å². The maximum absolute atomic E-state index is 14.4. The second kappa shape index (κ2) is 5.85. The van der Waals surface area contributed by atoms with Gasteiger partial charge in [0.2, 0.25) is 0 Å². The molecule has 0 spiro atoms. The van der Waals surface area contributed by atoms with Gasteiger partial charge in [-0.1, -0.05) is 12.8 Å². The zero-order chi connectivity index (χ0) is 15.8. The van der Waals surface area contributed by atoms with Crippen LogP contribution in [-0.2, 0) is 4.74 Å². The zero-order valence-corrected chi connectivity index (χ0v) is 12.7. The molecule has 5 nitrogen and oxygen atoms in total. The topological polar surface area (TPSA) is 55.3 Å². The largest absolute Gasteiger partial charge is 0.374 e. The van der Waals surface area contributed by atoms with Gasteiger partial charge in [0.1, 0.15) is 5.82 Å². The minimum Gasteiger partial charge on any atom is -0.374 e. The van der Waals surface area contributed by atoms with Gasteiger partial charge in [0, 0.05) is 25.0 Å². The monoisotopic (exact) mass is 315 g/mol. The van der Waals surface area contributed by atoms with E-state index in [1.165, 1.54) is 18.3 Å². The summed E-state index contributed by atoms with van der Waals surface area (Å²) in [6, 6.07) is 2.85. The minimum atomic E-state index is -0.540. The van der Waals surface area contributed by atoms with Crippen LogP contribution in [0, 0.1) is 5.82 Å². The Bertz CT molecular complexity index is 750. The third kappa shape index (κ3) is 2.57. The lowest BCUT2D eigenvalue weighted by molar-refractivity contribution is -0.0753. The molecule has 2 fully saturated rings. The Morgan fingerprint density at radius 2 is 1.91 bits per heavy atom. The van der Waals surface area contributed by atoms with E-state index in [0.717, 1.165) is 25.7 Å². The number of hydrogen-bond donors (Lipinski definition) is 0. The standard InChI is InChI=1S/C17H18FN3O2/c18-12-10-14-13(19-5-6-20-14)9-11(12)17(22)21-7-8-23-16-4-2-1-3-15(16)21/h5-6,9-10,15-16H,1-4,7-8H2/t15-,16-/m1/s1. The second-order valence-electron chi connectivity index (χ2n) is 6.14. The van der Waals surface area contributed by atoms with E-state index in [1.807, 2.05) is 0 Å². The quantitative estimate of drug-likeness (QED) is 0.811. The van der Waals surface area contributed by atoms with Gasteiger partial charge in [0.15, 0.2) is 0 Å². The second-order valence-corrected chi connectivity index (χ2v) is 6.14. The highest BCUT2D eigenvalue weighted by Gasteiger charge is 2.37. The first-order chi connectivity index (χ1) is 11.2. The predicted octanol–water partition coefficient (Wildman–Crippen LogP) is 2.55. The maximum atomic E-state index is 14.4. The number of fused-ring (bicyclic) bond motifs is 2. The summed E-state index contributed by atoms with van der Waals surface area (Å²) >= 11 is 0. The van der Waals surface area contributed by atoms with Crippen molar-refractivity contribution in [2.24, 2.45) is 0 Å². The molecule has 0 unspecified atom stereocenters. The summed E-state index contributed by atoms with van der Waals surface area (Å²) in [5.41, 5.74) is 1.06. The highest BCUT2D eigenvalue weighted by Crippen LogP contribution is 2.30. The summed E-state index contributed by atoms with van der Waals surface area (Å²) < 4.78 is 20.2. The Hall–Kier alpha value is -2.08. The molecule has 1 aliphatic carbocycles. The van der Waals surface area contributed by atoms with Crippen LogP contribution < -0.4 is 0 Å². The fourth-order valence-electron chi connectivity index (χ4n) is 3.65. The SMILES string of the molecule is O=C(c1cc2nccnc2cc1F)N1CCO[C@@H]2CCCC[C@H]21. The van der Waals surface area contributed by atoms with Gasteiger partial charge < -0.3 is 9.64 Å². The van der Waals surface area contributed by atoms with Crippen molar-refractivity contribution in [3.8, 4) is 0 Å². The predicted molar refractivity (Wildman–Crippen MR) is 82.5 cm³/mol. The molecular weight excluding hydrogens is 297 g/mol. The van der Waals surface area contributed by atoms with Crippen molar-refractivity contribution in [2.75, 3.05) is 13.2 Å². The number of benzene rings is 1. The Labute approximate surface area is 133 Å². The molecule has 2 aliphatic rings. The van der Waals surface area contributed by atoms with Crippen LogP contribution in [0.15, 0.2) is 24.5 Å². The molecule has 0 radical (unpaired) electrons. The van der Waals surface area contributed by atoms with Crippen LogP contribution >= 0.6 is 0 Å². The van der Waals surface area contributed by atoms with Crippen LogP contribution in [0.25, 0.3) is 11.0 Å². The summed E-state index contributed by atoms with van der Waals surface area (Å²) in [4.78, 5) is 22.9. The van der Waals surface area contributed by atoms with E-state index in [4.69, 9.17) is 4.74 Å². The van der Waals surface area contributed by atoms with Gasteiger partial charge in [0.05, 0.1) is 35.3 Å². The molecule has 2 aromatic rings. The van der Waals surface area contributed by atoms with Crippen molar-refractivity contribution in [1.82, 2.24) is 14.9 Å². The van der Waals surface area contributed by atoms with Gasteiger partial charge >= 0.3 is 0 Å². The first kappa shape index (κ1) is 14.5. The zero-order valence-electron chi connectivity index (χ0n) is 12.7. The summed E-state index contributed by atoms with van der Waals surface area (Å²) in [5, 5.41) is 0. The molecule has 23 heavy (non-hydrogen) atoms. The van der Waals surface area contributed by atoms with Gasteiger partial charge in [-0.3, -0.25) is 14.8 Å². The highest BCUT2D eigenvalue weighted by molar-refractivity contribution is 5.97. The van der Waals surface area contributed by atoms with E-state index >= 15 is 0 Å². The average Bonchev–Trinajstić information content (AvgIpc) is 2.60. The number of rotatable bonds is 1. The van der Waals surface area contributed by atoms with Crippen molar-refractivity contribution in [2.45, 2.75) is 37.8 Å². The van der Waals surface area contributed by atoms with Gasteiger partial charge in [-0.25, -0.2) is 4.39 Å². The van der Waals surface area contributed by atoms with Crippen molar-refractivity contribution < 1.29 is 13.9 Å². The van der Waals surface area contributed by atoms with Crippen LogP contribution in [0.1, 0.15) is 36.0 Å². The lowest BCUT2D eigenvalue weighted by atomic mass is 9.89. The average molecular weight is 315 g/mol. The molecule has 1 aromatic carbocycles. The summed E-state index contributed by atoms with van der Waals surface area (Å²) in [6.07, 6.45) is 7.25. The summed E-state index contributed by atoms with van der Waals surface area (Å²) in [7, 11) is 0. The molecule has 6 heteroatoms. The molecule has 1 aliphatic heterocycles. The van der Waals surface area contributed by atoms with Crippen LogP contribution in [-0.4, -0.2) is 46.1 Å². The summed E-state index contributed by atoms with van der Waals surface area (Å²) in [6.45, 7) is 1.03. The number of amides is 1. The van der Waals surface area contributed by atoms with E-state index in [1.54, 1.807) is 11.1 Å². The molecule has 2 atom stereocenters. The Balaban J connectivity index is 1.69. The normalized spacial score (nSPS) is 24.5. The minimum absolute atomic E-state index is 0.0574. The third-order valence-corrected chi connectivity index (χ3v) is 4.78. The molecule has 1 saturated heterocycles. The smallest absolute Gasteiger partial charge is 0.257 e. The Kier molecular flexibility index (Phi) is 3.69. The molecular formula is C17H18FN3O2. The number of nitrogens with zero attached hydrogens (tertiary/aromatic N) is 3. The number of carbonyl (C=O) groups is 1. The van der Waals surface area contributed by atoms with Gasteiger partial charge in [-0.15, -0.1) is 0 Å². The number of halogens is 1. The first-order valence-corrected chi connectivity index (χ1v) is 8.07. The van der Waals surface area contributed by atoms with Crippen molar-refractivity contribution >= 4 is 16.9 Å². The molecule has 1 aromatic heterocycles. The van der Waals surface area contributed by atoms with Crippen LogP contribution in [0.5, 0.6) is 0 Å². The number of ether oxygens (including phenoxy) is 1. The number of aromatic nitrogens is 2. The van der Waals surface area contributed by atoms with E-state index in [-0.39, 0.29) is 23.6 Å². The first-order valence-electron chi connectivity index (χ1n) is 8.07. The Morgan fingerprint density at radius 3 is 2.74 bits per heavy atom. The third-order valence-electron chi connectivity index (χ3n) is 4.78. The lowest BCUT2D eigenvalue weighted by Gasteiger charge is -2.43.